The number of nitrogen functional groups attached to an aromatic ring is 2. The molecular formula is C13H20N2. The molecule has 1 aromatic carbocycles. The Hall–Kier alpha value is -1.18. The Morgan fingerprint density at radius 1 is 1.07 bits per heavy atom. The van der Waals surface area contributed by atoms with Gasteiger partial charge in [-0.2, -0.15) is 0 Å². The SMILES string of the molecule is Nc1cccc(CC2CCCCC2)c1N. The average molecular weight is 204 g/mol. The first-order valence-corrected chi connectivity index (χ1v) is 5.90. The Morgan fingerprint density at radius 3 is 2.53 bits per heavy atom. The van der Waals surface area contributed by atoms with Gasteiger partial charge >= 0.3 is 0 Å². The second kappa shape index (κ2) is 4.56. The van der Waals surface area contributed by atoms with Gasteiger partial charge in [0.25, 0.3) is 0 Å². The third-order valence-corrected chi connectivity index (χ3v) is 3.46. The highest BCUT2D eigenvalue weighted by Crippen LogP contribution is 2.30. The third kappa shape index (κ3) is 2.44. The van der Waals surface area contributed by atoms with Gasteiger partial charge in [0, 0.05) is 0 Å². The molecule has 15 heavy (non-hydrogen) atoms. The molecule has 1 aliphatic rings. The van der Waals surface area contributed by atoms with E-state index in [1.165, 1.54) is 37.7 Å². The summed E-state index contributed by atoms with van der Waals surface area (Å²) in [6, 6.07) is 5.99. The van der Waals surface area contributed by atoms with E-state index in [-0.39, 0.29) is 0 Å². The highest BCUT2D eigenvalue weighted by molar-refractivity contribution is 5.67. The van der Waals surface area contributed by atoms with E-state index in [1.54, 1.807) is 0 Å². The monoisotopic (exact) mass is 204 g/mol. The molecule has 0 saturated heterocycles. The molecule has 0 amide bonds. The van der Waals surface area contributed by atoms with Gasteiger partial charge in [-0.1, -0.05) is 44.2 Å². The van der Waals surface area contributed by atoms with Crippen LogP contribution in [0.5, 0.6) is 0 Å². The molecule has 1 aromatic rings. The summed E-state index contributed by atoms with van der Waals surface area (Å²) < 4.78 is 0. The maximum atomic E-state index is 5.97. The minimum absolute atomic E-state index is 0.725. The lowest BCUT2D eigenvalue weighted by Crippen LogP contribution is -2.11. The molecule has 1 aliphatic carbocycles. The molecular weight excluding hydrogens is 184 g/mol. The summed E-state index contributed by atoms with van der Waals surface area (Å²) in [5.74, 6) is 0.822. The van der Waals surface area contributed by atoms with E-state index >= 15 is 0 Å². The lowest BCUT2D eigenvalue weighted by Gasteiger charge is -2.22. The molecule has 2 rings (SSSR count). The topological polar surface area (TPSA) is 52.0 Å². The van der Waals surface area contributed by atoms with Gasteiger partial charge in [-0.15, -0.1) is 0 Å². The van der Waals surface area contributed by atoms with Crippen LogP contribution in [0, 0.1) is 5.92 Å². The van der Waals surface area contributed by atoms with Gasteiger partial charge in [-0.25, -0.2) is 0 Å². The smallest absolute Gasteiger partial charge is 0.0580 e. The van der Waals surface area contributed by atoms with E-state index in [2.05, 4.69) is 6.07 Å². The molecule has 0 unspecified atom stereocenters. The second-order valence-electron chi connectivity index (χ2n) is 4.63. The predicted octanol–water partition coefficient (Wildman–Crippen LogP) is 2.97. The molecule has 1 fully saturated rings. The summed E-state index contributed by atoms with van der Waals surface area (Å²) in [4.78, 5) is 0. The zero-order chi connectivity index (χ0) is 10.7. The highest BCUT2D eigenvalue weighted by Gasteiger charge is 2.15. The Kier molecular flexibility index (Phi) is 3.14. The van der Waals surface area contributed by atoms with Crippen LogP contribution in [-0.2, 0) is 6.42 Å². The normalized spacial score (nSPS) is 17.9. The summed E-state index contributed by atoms with van der Waals surface area (Å²) in [5, 5.41) is 0. The molecule has 0 heterocycles. The molecule has 82 valence electrons. The largest absolute Gasteiger partial charge is 0.397 e. The molecule has 0 atom stereocenters. The molecule has 0 spiro atoms. The van der Waals surface area contributed by atoms with Gasteiger partial charge in [0.2, 0.25) is 0 Å². The fourth-order valence-electron chi connectivity index (χ4n) is 2.51. The minimum atomic E-state index is 0.725. The van der Waals surface area contributed by atoms with Crippen molar-refractivity contribution in [1.29, 1.82) is 0 Å². The molecule has 0 aliphatic heterocycles. The van der Waals surface area contributed by atoms with E-state index in [1.807, 2.05) is 12.1 Å². The van der Waals surface area contributed by atoms with Crippen LogP contribution in [0.3, 0.4) is 0 Å². The van der Waals surface area contributed by atoms with Crippen LogP contribution in [-0.4, -0.2) is 0 Å². The fraction of sp³-hybridized carbons (Fsp3) is 0.538. The third-order valence-electron chi connectivity index (χ3n) is 3.46. The zero-order valence-corrected chi connectivity index (χ0v) is 9.21. The molecule has 0 bridgehead atoms. The van der Waals surface area contributed by atoms with E-state index in [9.17, 15) is 0 Å². The summed E-state index contributed by atoms with van der Waals surface area (Å²) in [7, 11) is 0. The van der Waals surface area contributed by atoms with Crippen molar-refractivity contribution in [3.63, 3.8) is 0 Å². The van der Waals surface area contributed by atoms with Crippen molar-refractivity contribution in [2.45, 2.75) is 38.5 Å². The quantitative estimate of drug-likeness (QED) is 0.728. The summed E-state index contributed by atoms with van der Waals surface area (Å²) in [6.45, 7) is 0. The number of hydrogen-bond acceptors (Lipinski definition) is 2. The van der Waals surface area contributed by atoms with Gasteiger partial charge < -0.3 is 11.5 Å². The standard InChI is InChI=1S/C13H20N2/c14-12-8-4-7-11(13(12)15)9-10-5-2-1-3-6-10/h4,7-8,10H,1-3,5-6,9,14-15H2. The van der Waals surface area contributed by atoms with Crippen molar-refractivity contribution in [2.75, 3.05) is 11.5 Å². The minimum Gasteiger partial charge on any atom is -0.397 e. The maximum absolute atomic E-state index is 5.97. The van der Waals surface area contributed by atoms with Gasteiger partial charge in [-0.05, 0) is 24.0 Å². The van der Waals surface area contributed by atoms with Crippen molar-refractivity contribution in [3.8, 4) is 0 Å². The van der Waals surface area contributed by atoms with Crippen LogP contribution >= 0.6 is 0 Å². The summed E-state index contributed by atoms with van der Waals surface area (Å²) >= 11 is 0. The summed E-state index contributed by atoms with van der Waals surface area (Å²) in [6.07, 6.45) is 7.99. The first-order valence-electron chi connectivity index (χ1n) is 5.90. The number of nitrogens with two attached hydrogens (primary N) is 2. The molecule has 2 heteroatoms. The highest BCUT2D eigenvalue weighted by atomic mass is 14.7. The van der Waals surface area contributed by atoms with Crippen molar-refractivity contribution in [2.24, 2.45) is 5.92 Å². The Labute approximate surface area is 91.7 Å². The Bertz CT molecular complexity index is 327. The Morgan fingerprint density at radius 2 is 1.80 bits per heavy atom. The van der Waals surface area contributed by atoms with Crippen LogP contribution in [0.25, 0.3) is 0 Å². The van der Waals surface area contributed by atoms with Crippen LogP contribution in [0.2, 0.25) is 0 Å². The molecule has 0 aromatic heterocycles. The van der Waals surface area contributed by atoms with Crippen molar-refractivity contribution < 1.29 is 0 Å². The van der Waals surface area contributed by atoms with E-state index in [0.29, 0.717) is 0 Å². The number of rotatable bonds is 2. The van der Waals surface area contributed by atoms with Crippen molar-refractivity contribution in [3.05, 3.63) is 23.8 Å². The predicted molar refractivity (Wildman–Crippen MR) is 65.5 cm³/mol. The van der Waals surface area contributed by atoms with E-state index in [0.717, 1.165) is 23.7 Å². The van der Waals surface area contributed by atoms with Crippen LogP contribution in [0.4, 0.5) is 11.4 Å². The number of benzene rings is 1. The summed E-state index contributed by atoms with van der Waals surface area (Å²) in [5.41, 5.74) is 14.5. The second-order valence-corrected chi connectivity index (χ2v) is 4.63. The first-order chi connectivity index (χ1) is 7.27. The molecule has 1 saturated carbocycles. The van der Waals surface area contributed by atoms with E-state index in [4.69, 9.17) is 11.5 Å². The number of anilines is 2. The lowest BCUT2D eigenvalue weighted by atomic mass is 9.84. The van der Waals surface area contributed by atoms with Gasteiger partial charge in [0.15, 0.2) is 0 Å². The molecule has 2 nitrogen and oxygen atoms in total. The molecule has 4 N–H and O–H groups in total. The number of para-hydroxylation sites is 1. The van der Waals surface area contributed by atoms with Gasteiger partial charge in [-0.3, -0.25) is 0 Å². The number of hydrogen-bond donors (Lipinski definition) is 2. The average Bonchev–Trinajstić information content (AvgIpc) is 2.26. The zero-order valence-electron chi connectivity index (χ0n) is 9.21. The molecule has 0 radical (unpaired) electrons. The maximum Gasteiger partial charge on any atom is 0.0580 e. The van der Waals surface area contributed by atoms with Gasteiger partial charge in [0.05, 0.1) is 11.4 Å². The Balaban J connectivity index is 2.06. The van der Waals surface area contributed by atoms with Crippen LogP contribution < -0.4 is 11.5 Å². The van der Waals surface area contributed by atoms with Crippen LogP contribution in [0.15, 0.2) is 18.2 Å². The van der Waals surface area contributed by atoms with Crippen molar-refractivity contribution in [1.82, 2.24) is 0 Å². The van der Waals surface area contributed by atoms with E-state index < -0.39 is 0 Å². The first kappa shape index (κ1) is 10.3. The van der Waals surface area contributed by atoms with Crippen molar-refractivity contribution >= 4 is 11.4 Å². The van der Waals surface area contributed by atoms with Gasteiger partial charge in [0.1, 0.15) is 0 Å². The fourth-order valence-corrected chi connectivity index (χ4v) is 2.51. The lowest BCUT2D eigenvalue weighted by molar-refractivity contribution is 0.357. The van der Waals surface area contributed by atoms with Crippen LogP contribution in [0.1, 0.15) is 37.7 Å².